The average molecular weight is 323 g/mol. The highest BCUT2D eigenvalue weighted by atomic mass is 32.2. The van der Waals surface area contributed by atoms with E-state index in [-0.39, 0.29) is 9.79 Å². The highest BCUT2D eigenvalue weighted by molar-refractivity contribution is 7.91. The summed E-state index contributed by atoms with van der Waals surface area (Å²) in [5.74, 6) is 0. The second kappa shape index (κ2) is 4.93. The van der Waals surface area contributed by atoms with Crippen molar-refractivity contribution >= 4 is 31.9 Å². The van der Waals surface area contributed by atoms with Crippen LogP contribution in [0.15, 0.2) is 75.0 Å². The SMILES string of the molecule is Cc1ccc(S(=O)(=O)c2cnc3oc4ccccc4c3c2)cc1. The topological polar surface area (TPSA) is 60.2 Å². The van der Waals surface area contributed by atoms with Crippen molar-refractivity contribution < 1.29 is 12.8 Å². The molecule has 2 aromatic heterocycles. The van der Waals surface area contributed by atoms with Gasteiger partial charge in [0.15, 0.2) is 0 Å². The Hall–Kier alpha value is -2.66. The number of pyridine rings is 1. The molecule has 0 saturated carbocycles. The lowest BCUT2D eigenvalue weighted by Gasteiger charge is -2.04. The van der Waals surface area contributed by atoms with Crippen LogP contribution in [0.1, 0.15) is 5.56 Å². The van der Waals surface area contributed by atoms with E-state index in [2.05, 4.69) is 4.98 Å². The molecule has 0 bridgehead atoms. The zero-order valence-electron chi connectivity index (χ0n) is 12.4. The molecule has 2 aromatic carbocycles. The van der Waals surface area contributed by atoms with Crippen LogP contribution >= 0.6 is 0 Å². The van der Waals surface area contributed by atoms with E-state index < -0.39 is 9.84 Å². The fraction of sp³-hybridized carbons (Fsp3) is 0.0556. The number of sulfone groups is 1. The fourth-order valence-electron chi connectivity index (χ4n) is 2.59. The Kier molecular flexibility index (Phi) is 2.99. The predicted molar refractivity (Wildman–Crippen MR) is 88.1 cm³/mol. The molecule has 5 heteroatoms. The summed E-state index contributed by atoms with van der Waals surface area (Å²) in [7, 11) is -3.60. The van der Waals surface area contributed by atoms with Gasteiger partial charge in [-0.2, -0.15) is 0 Å². The van der Waals surface area contributed by atoms with Crippen molar-refractivity contribution in [2.75, 3.05) is 0 Å². The first-order chi connectivity index (χ1) is 11.1. The fourth-order valence-corrected chi connectivity index (χ4v) is 3.82. The molecule has 0 amide bonds. The first-order valence-electron chi connectivity index (χ1n) is 7.15. The van der Waals surface area contributed by atoms with Crippen LogP contribution in [0.2, 0.25) is 0 Å². The van der Waals surface area contributed by atoms with Crippen LogP contribution in [0.5, 0.6) is 0 Å². The number of rotatable bonds is 2. The highest BCUT2D eigenvalue weighted by Gasteiger charge is 2.20. The molecule has 0 aliphatic rings. The summed E-state index contributed by atoms with van der Waals surface area (Å²) in [5, 5.41) is 1.56. The van der Waals surface area contributed by atoms with Crippen LogP contribution in [-0.4, -0.2) is 13.4 Å². The monoisotopic (exact) mass is 323 g/mol. The van der Waals surface area contributed by atoms with E-state index in [1.54, 1.807) is 30.3 Å². The van der Waals surface area contributed by atoms with Gasteiger partial charge in [-0.3, -0.25) is 0 Å². The Morgan fingerprint density at radius 3 is 2.43 bits per heavy atom. The Morgan fingerprint density at radius 2 is 1.65 bits per heavy atom. The van der Waals surface area contributed by atoms with Crippen LogP contribution in [0.4, 0.5) is 0 Å². The van der Waals surface area contributed by atoms with Crippen LogP contribution in [0, 0.1) is 6.92 Å². The zero-order chi connectivity index (χ0) is 16.0. The Labute approximate surface area is 133 Å². The standard InChI is InChI=1S/C18H13NO3S/c1-12-6-8-13(9-7-12)23(20,21)14-10-16-15-4-2-3-5-17(15)22-18(16)19-11-14/h2-11H,1H3. The zero-order valence-corrected chi connectivity index (χ0v) is 13.2. The van der Waals surface area contributed by atoms with Crippen LogP contribution in [0.25, 0.3) is 22.1 Å². The number of nitrogens with zero attached hydrogens (tertiary/aromatic N) is 1. The lowest BCUT2D eigenvalue weighted by atomic mass is 10.2. The largest absolute Gasteiger partial charge is 0.438 e. The van der Waals surface area contributed by atoms with E-state index in [9.17, 15) is 8.42 Å². The Bertz CT molecular complexity index is 1130. The van der Waals surface area contributed by atoms with Gasteiger partial charge in [0.1, 0.15) is 5.58 Å². The molecule has 0 fully saturated rings. The minimum absolute atomic E-state index is 0.167. The van der Waals surface area contributed by atoms with Gasteiger partial charge in [0, 0.05) is 17.0 Å². The van der Waals surface area contributed by atoms with Gasteiger partial charge in [-0.1, -0.05) is 35.9 Å². The third-order valence-corrected chi connectivity index (χ3v) is 5.59. The first-order valence-corrected chi connectivity index (χ1v) is 8.63. The maximum atomic E-state index is 12.8. The molecule has 0 N–H and O–H groups in total. The lowest BCUT2D eigenvalue weighted by molar-refractivity contribution is 0.595. The molecule has 23 heavy (non-hydrogen) atoms. The summed E-state index contributed by atoms with van der Waals surface area (Å²) < 4.78 is 31.2. The number of aryl methyl sites for hydroxylation is 1. The quantitative estimate of drug-likeness (QED) is 0.557. The molecule has 4 rings (SSSR count). The number of benzene rings is 2. The highest BCUT2D eigenvalue weighted by Crippen LogP contribution is 2.30. The first kappa shape index (κ1) is 14.0. The average Bonchev–Trinajstić information content (AvgIpc) is 2.93. The third kappa shape index (κ3) is 2.21. The number of para-hydroxylation sites is 1. The van der Waals surface area contributed by atoms with Crippen LogP contribution in [-0.2, 0) is 9.84 Å². The van der Waals surface area contributed by atoms with E-state index in [1.807, 2.05) is 31.2 Å². The maximum absolute atomic E-state index is 12.8. The van der Waals surface area contributed by atoms with Gasteiger partial charge in [0.05, 0.1) is 9.79 Å². The van der Waals surface area contributed by atoms with Gasteiger partial charge in [0.2, 0.25) is 15.6 Å². The van der Waals surface area contributed by atoms with Crippen molar-refractivity contribution in [3.8, 4) is 0 Å². The molecule has 4 aromatic rings. The van der Waals surface area contributed by atoms with E-state index in [0.717, 1.165) is 10.9 Å². The van der Waals surface area contributed by atoms with E-state index >= 15 is 0 Å². The molecule has 0 saturated heterocycles. The van der Waals surface area contributed by atoms with Crippen molar-refractivity contribution in [3.63, 3.8) is 0 Å². The number of aromatic nitrogens is 1. The number of hydrogen-bond acceptors (Lipinski definition) is 4. The molecule has 0 spiro atoms. The number of furan rings is 1. The van der Waals surface area contributed by atoms with Crippen molar-refractivity contribution in [2.45, 2.75) is 16.7 Å². The van der Waals surface area contributed by atoms with Gasteiger partial charge in [0.25, 0.3) is 0 Å². The van der Waals surface area contributed by atoms with E-state index in [4.69, 9.17) is 4.42 Å². The van der Waals surface area contributed by atoms with Gasteiger partial charge in [-0.25, -0.2) is 13.4 Å². The van der Waals surface area contributed by atoms with Crippen LogP contribution in [0.3, 0.4) is 0 Å². The second-order valence-electron chi connectivity index (χ2n) is 5.44. The molecule has 0 atom stereocenters. The molecule has 0 unspecified atom stereocenters. The van der Waals surface area contributed by atoms with Gasteiger partial charge >= 0.3 is 0 Å². The number of hydrogen-bond donors (Lipinski definition) is 0. The van der Waals surface area contributed by atoms with Gasteiger partial charge in [-0.05, 0) is 31.2 Å². The second-order valence-corrected chi connectivity index (χ2v) is 7.39. The van der Waals surface area contributed by atoms with Gasteiger partial charge in [-0.15, -0.1) is 0 Å². The summed E-state index contributed by atoms with van der Waals surface area (Å²) in [6, 6.07) is 15.9. The molecule has 0 radical (unpaired) electrons. The van der Waals surface area contributed by atoms with Crippen molar-refractivity contribution in [1.29, 1.82) is 0 Å². The molecular formula is C18H13NO3S. The normalized spacial score (nSPS) is 12.0. The summed E-state index contributed by atoms with van der Waals surface area (Å²) >= 11 is 0. The summed E-state index contributed by atoms with van der Waals surface area (Å²) in [4.78, 5) is 4.61. The molecule has 2 heterocycles. The summed E-state index contributed by atoms with van der Waals surface area (Å²) in [6.45, 7) is 1.92. The smallest absolute Gasteiger partial charge is 0.227 e. The third-order valence-electron chi connectivity index (χ3n) is 3.85. The van der Waals surface area contributed by atoms with E-state index in [0.29, 0.717) is 16.7 Å². The molecule has 0 aliphatic carbocycles. The number of fused-ring (bicyclic) bond motifs is 3. The Morgan fingerprint density at radius 1 is 0.913 bits per heavy atom. The molecule has 114 valence electrons. The minimum atomic E-state index is -3.60. The van der Waals surface area contributed by atoms with Crippen molar-refractivity contribution in [2.24, 2.45) is 0 Å². The molecular weight excluding hydrogens is 310 g/mol. The van der Waals surface area contributed by atoms with Crippen molar-refractivity contribution in [3.05, 3.63) is 66.4 Å². The van der Waals surface area contributed by atoms with Gasteiger partial charge < -0.3 is 4.42 Å². The Balaban J connectivity index is 1.94. The predicted octanol–water partition coefficient (Wildman–Crippen LogP) is 4.12. The van der Waals surface area contributed by atoms with E-state index in [1.165, 1.54) is 6.20 Å². The van der Waals surface area contributed by atoms with Crippen molar-refractivity contribution in [1.82, 2.24) is 4.98 Å². The van der Waals surface area contributed by atoms with Crippen LogP contribution < -0.4 is 0 Å². The summed E-state index contributed by atoms with van der Waals surface area (Å²) in [6.07, 6.45) is 1.35. The molecule has 0 aliphatic heterocycles. The maximum Gasteiger partial charge on any atom is 0.227 e. The summed E-state index contributed by atoms with van der Waals surface area (Å²) in [5.41, 5.74) is 2.15. The lowest BCUT2D eigenvalue weighted by Crippen LogP contribution is -2.02. The minimum Gasteiger partial charge on any atom is -0.438 e. The molecule has 4 nitrogen and oxygen atoms in total.